The molecule has 4 rings (SSSR count). The molecule has 2 heterocycles. The van der Waals surface area contributed by atoms with E-state index >= 15 is 0 Å². The van der Waals surface area contributed by atoms with Crippen LogP contribution in [0.4, 0.5) is 10.1 Å². The van der Waals surface area contributed by atoms with Crippen LogP contribution in [0.5, 0.6) is 5.75 Å². The predicted octanol–water partition coefficient (Wildman–Crippen LogP) is 5.15. The van der Waals surface area contributed by atoms with Gasteiger partial charge in [0.15, 0.2) is 5.11 Å². The smallest absolute Gasteiger partial charge is 0.275 e. The van der Waals surface area contributed by atoms with Gasteiger partial charge < -0.3 is 20.6 Å². The molecule has 1 fully saturated rings. The molecule has 0 aliphatic carbocycles. The fraction of sp³-hybridized carbons (Fsp3) is 0.240. The highest BCUT2D eigenvalue weighted by atomic mass is 32.1. The van der Waals surface area contributed by atoms with Crippen LogP contribution in [0, 0.1) is 5.82 Å². The molecule has 1 aliphatic rings. The quantitative estimate of drug-likeness (QED) is 0.324. The molecular weight excluding hydrogens is 471 g/mol. The Kier molecular flexibility index (Phi) is 7.54. The number of thiazole rings is 1. The number of thiocarbonyl (C=S) groups is 1. The van der Waals surface area contributed by atoms with Crippen molar-refractivity contribution >= 4 is 40.3 Å². The monoisotopic (exact) mass is 496 g/mol. The highest BCUT2D eigenvalue weighted by molar-refractivity contribution is 7.80. The summed E-state index contributed by atoms with van der Waals surface area (Å²) in [6.45, 7) is 6.01. The van der Waals surface area contributed by atoms with Crippen LogP contribution in [0.3, 0.4) is 0 Å². The summed E-state index contributed by atoms with van der Waals surface area (Å²) >= 11 is 6.90. The van der Waals surface area contributed by atoms with E-state index in [9.17, 15) is 14.3 Å². The number of anilines is 1. The zero-order chi connectivity index (χ0) is 24.1. The second-order valence-corrected chi connectivity index (χ2v) is 9.27. The first-order chi connectivity index (χ1) is 16.4. The summed E-state index contributed by atoms with van der Waals surface area (Å²) in [5, 5.41) is 19.0. The van der Waals surface area contributed by atoms with Crippen LogP contribution >= 0.6 is 23.6 Å². The van der Waals surface area contributed by atoms with Crippen molar-refractivity contribution in [1.82, 2.24) is 15.2 Å². The summed E-state index contributed by atoms with van der Waals surface area (Å²) in [6.07, 6.45) is 3.60. The van der Waals surface area contributed by atoms with Crippen LogP contribution in [-0.2, 0) is 0 Å². The molecule has 0 unspecified atom stereocenters. The molecule has 0 bridgehead atoms. The third-order valence-corrected chi connectivity index (χ3v) is 7.10. The molecule has 0 saturated carbocycles. The van der Waals surface area contributed by atoms with Crippen LogP contribution < -0.4 is 10.6 Å². The summed E-state index contributed by atoms with van der Waals surface area (Å²) in [5.41, 5.74) is 2.02. The minimum absolute atomic E-state index is 0.112. The Hall–Kier alpha value is -3.30. The van der Waals surface area contributed by atoms with Gasteiger partial charge in [-0.25, -0.2) is 9.37 Å². The fourth-order valence-electron chi connectivity index (χ4n) is 3.87. The van der Waals surface area contributed by atoms with Crippen molar-refractivity contribution < 1.29 is 14.3 Å². The molecule has 1 aliphatic heterocycles. The number of nitrogens with one attached hydrogen (secondary N) is 2. The van der Waals surface area contributed by atoms with Gasteiger partial charge in [0.1, 0.15) is 17.3 Å². The summed E-state index contributed by atoms with van der Waals surface area (Å²) in [5.74, 6) is -0.367. The van der Waals surface area contributed by atoms with E-state index in [2.05, 4.69) is 27.1 Å². The van der Waals surface area contributed by atoms with E-state index < -0.39 is 5.82 Å². The van der Waals surface area contributed by atoms with Gasteiger partial charge in [-0.1, -0.05) is 18.2 Å². The second-order valence-electron chi connectivity index (χ2n) is 8.00. The number of rotatable bonds is 6. The number of nitrogens with zero attached hydrogens (tertiary/aromatic N) is 2. The predicted molar refractivity (Wildman–Crippen MR) is 138 cm³/mol. The molecular formula is C25H25FN4O2S2. The van der Waals surface area contributed by atoms with Gasteiger partial charge in [0, 0.05) is 42.2 Å². The number of aromatic nitrogens is 1. The molecule has 0 radical (unpaired) electrons. The maximum atomic E-state index is 13.9. The van der Waals surface area contributed by atoms with Gasteiger partial charge in [-0.05, 0) is 61.0 Å². The lowest BCUT2D eigenvalue weighted by atomic mass is 9.98. The first-order valence-corrected chi connectivity index (χ1v) is 12.2. The number of aromatic hydroxyl groups is 1. The molecule has 34 heavy (non-hydrogen) atoms. The van der Waals surface area contributed by atoms with Crippen LogP contribution in [-0.4, -0.2) is 45.6 Å². The maximum absolute atomic E-state index is 13.9. The van der Waals surface area contributed by atoms with Gasteiger partial charge in [0.25, 0.3) is 5.91 Å². The molecule has 0 spiro atoms. The van der Waals surface area contributed by atoms with E-state index in [0.717, 1.165) is 36.1 Å². The number of halogens is 1. The maximum Gasteiger partial charge on any atom is 0.275 e. The molecule has 0 atom stereocenters. The minimum atomic E-state index is -0.414. The number of carbonyl (C=O) groups excluding carboxylic acids is 1. The number of likely N-dealkylation sites (tertiary alicyclic amines) is 1. The number of phenols is 1. The Balaban J connectivity index is 1.42. The van der Waals surface area contributed by atoms with Gasteiger partial charge in [-0.3, -0.25) is 4.79 Å². The van der Waals surface area contributed by atoms with Crippen molar-refractivity contribution in [3.05, 3.63) is 77.0 Å². The standard InChI is InChI=1S/C25H25FN4O2S2/c1-2-11-27-25(33)30-12-9-17(10-13-30)24-29-22(15-34-24)23(32)28-21-8-5-18(26)14-20(21)16-3-6-19(31)7-4-16/h2-8,14-15,17,31H,1,9-13H2,(H,27,33)(H,28,32). The van der Waals surface area contributed by atoms with Gasteiger partial charge in [0.2, 0.25) is 0 Å². The van der Waals surface area contributed by atoms with Crippen molar-refractivity contribution in [2.75, 3.05) is 25.0 Å². The lowest BCUT2D eigenvalue weighted by Gasteiger charge is -2.33. The zero-order valence-corrected chi connectivity index (χ0v) is 20.1. The first-order valence-electron chi connectivity index (χ1n) is 10.9. The van der Waals surface area contributed by atoms with Crippen LogP contribution in [0.2, 0.25) is 0 Å². The Bertz CT molecular complexity index is 1190. The number of amides is 1. The summed E-state index contributed by atoms with van der Waals surface area (Å²) in [6, 6.07) is 10.6. The number of hydrogen-bond acceptors (Lipinski definition) is 5. The molecule has 176 valence electrons. The Morgan fingerprint density at radius 1 is 1.26 bits per heavy atom. The molecule has 6 nitrogen and oxygen atoms in total. The molecule has 1 amide bonds. The molecule has 1 saturated heterocycles. The highest BCUT2D eigenvalue weighted by Gasteiger charge is 2.25. The van der Waals surface area contributed by atoms with Crippen molar-refractivity contribution in [3.8, 4) is 16.9 Å². The third-order valence-electron chi connectivity index (χ3n) is 5.69. The van der Waals surface area contributed by atoms with Crippen LogP contribution in [0.25, 0.3) is 11.1 Å². The number of hydrogen-bond donors (Lipinski definition) is 3. The molecule has 1 aromatic heterocycles. The van der Waals surface area contributed by atoms with Crippen molar-refractivity contribution in [1.29, 1.82) is 0 Å². The van der Waals surface area contributed by atoms with Crippen molar-refractivity contribution in [2.45, 2.75) is 18.8 Å². The second kappa shape index (κ2) is 10.8. The normalized spacial score (nSPS) is 14.0. The number of piperidine rings is 1. The van der Waals surface area contributed by atoms with E-state index in [1.54, 1.807) is 23.6 Å². The molecule has 3 aromatic rings. The summed E-state index contributed by atoms with van der Waals surface area (Å²) in [7, 11) is 0. The van der Waals surface area contributed by atoms with Gasteiger partial charge >= 0.3 is 0 Å². The van der Waals surface area contributed by atoms with Gasteiger partial charge in [-0.15, -0.1) is 17.9 Å². The van der Waals surface area contributed by atoms with E-state index in [1.807, 2.05) is 0 Å². The van der Waals surface area contributed by atoms with E-state index in [-0.39, 0.29) is 17.6 Å². The summed E-state index contributed by atoms with van der Waals surface area (Å²) in [4.78, 5) is 19.7. The average Bonchev–Trinajstić information content (AvgIpc) is 3.35. The number of phenolic OH excluding ortho intramolecular Hbond substituents is 1. The number of benzene rings is 2. The van der Waals surface area contributed by atoms with E-state index in [0.29, 0.717) is 29.1 Å². The Morgan fingerprint density at radius 2 is 2.00 bits per heavy atom. The van der Waals surface area contributed by atoms with Crippen molar-refractivity contribution in [3.63, 3.8) is 0 Å². The minimum Gasteiger partial charge on any atom is -0.508 e. The topological polar surface area (TPSA) is 77.5 Å². The molecule has 3 N–H and O–H groups in total. The lowest BCUT2D eigenvalue weighted by Crippen LogP contribution is -2.43. The van der Waals surface area contributed by atoms with Crippen LogP contribution in [0.15, 0.2) is 60.5 Å². The lowest BCUT2D eigenvalue weighted by molar-refractivity contribution is 0.102. The number of carbonyl (C=O) groups is 1. The Labute approximate surface area is 207 Å². The molecule has 2 aromatic carbocycles. The van der Waals surface area contributed by atoms with E-state index in [4.69, 9.17) is 12.2 Å². The summed E-state index contributed by atoms with van der Waals surface area (Å²) < 4.78 is 13.9. The van der Waals surface area contributed by atoms with Crippen molar-refractivity contribution in [2.24, 2.45) is 0 Å². The van der Waals surface area contributed by atoms with Gasteiger partial charge in [-0.2, -0.15) is 0 Å². The first kappa shape index (κ1) is 23.8. The Morgan fingerprint density at radius 3 is 2.71 bits per heavy atom. The average molecular weight is 497 g/mol. The molecule has 9 heteroatoms. The van der Waals surface area contributed by atoms with Crippen LogP contribution in [0.1, 0.15) is 34.3 Å². The van der Waals surface area contributed by atoms with E-state index in [1.165, 1.54) is 41.7 Å². The zero-order valence-electron chi connectivity index (χ0n) is 18.5. The fourth-order valence-corrected chi connectivity index (χ4v) is 5.11. The largest absolute Gasteiger partial charge is 0.508 e. The third kappa shape index (κ3) is 5.60. The highest BCUT2D eigenvalue weighted by Crippen LogP contribution is 2.32. The van der Waals surface area contributed by atoms with Gasteiger partial charge in [0.05, 0.1) is 5.01 Å². The SMILES string of the molecule is C=CCNC(=S)N1CCC(c2nc(C(=O)Nc3ccc(F)cc3-c3ccc(O)cc3)cs2)CC1.